The number of aryl methyl sites for hydroxylation is 1. The van der Waals surface area contributed by atoms with Gasteiger partial charge in [0, 0.05) is 31.7 Å². The molecule has 0 saturated carbocycles. The minimum absolute atomic E-state index is 0.176. The zero-order valence-electron chi connectivity index (χ0n) is 9.81. The highest BCUT2D eigenvalue weighted by atomic mass is 32.2. The van der Waals surface area contributed by atoms with Crippen molar-refractivity contribution in [1.82, 2.24) is 14.9 Å². The van der Waals surface area contributed by atoms with Crippen molar-refractivity contribution in [1.29, 1.82) is 0 Å². The van der Waals surface area contributed by atoms with Crippen LogP contribution in [0.2, 0.25) is 0 Å². The highest BCUT2D eigenvalue weighted by Crippen LogP contribution is 2.27. The average Bonchev–Trinajstić information content (AvgIpc) is 2.85. The van der Waals surface area contributed by atoms with Crippen LogP contribution >= 0.6 is 11.8 Å². The minimum atomic E-state index is -0.524. The molecule has 1 fully saturated rings. The Morgan fingerprint density at radius 1 is 1.75 bits per heavy atom. The van der Waals surface area contributed by atoms with Crippen LogP contribution in [-0.2, 0) is 7.05 Å². The number of nitrogens with zero attached hydrogens (tertiary/aromatic N) is 2. The largest absolute Gasteiger partial charge is 0.388 e. The van der Waals surface area contributed by atoms with Crippen molar-refractivity contribution in [3.8, 4) is 0 Å². The molecule has 2 N–H and O–H groups in total. The first-order valence-corrected chi connectivity index (χ1v) is 6.77. The molecule has 0 aliphatic carbocycles. The lowest BCUT2D eigenvalue weighted by molar-refractivity contribution is 0.0648. The van der Waals surface area contributed by atoms with Crippen LogP contribution < -0.4 is 5.32 Å². The van der Waals surface area contributed by atoms with Crippen LogP contribution in [0.15, 0.2) is 12.4 Å². The van der Waals surface area contributed by atoms with Crippen molar-refractivity contribution >= 4 is 11.8 Å². The lowest BCUT2D eigenvalue weighted by Crippen LogP contribution is -2.41. The predicted octanol–water partition coefficient (Wildman–Crippen LogP) is 0.939. The van der Waals surface area contributed by atoms with Gasteiger partial charge in [0.25, 0.3) is 0 Å². The molecule has 2 atom stereocenters. The van der Waals surface area contributed by atoms with Crippen LogP contribution in [0, 0.1) is 0 Å². The fourth-order valence-corrected chi connectivity index (χ4v) is 3.26. The number of aromatic nitrogens is 2. The second kappa shape index (κ2) is 4.77. The Bertz CT molecular complexity index is 347. The van der Waals surface area contributed by atoms with E-state index in [1.807, 2.05) is 29.6 Å². The van der Waals surface area contributed by atoms with E-state index in [9.17, 15) is 5.11 Å². The van der Waals surface area contributed by atoms with Gasteiger partial charge >= 0.3 is 0 Å². The number of imidazole rings is 1. The molecular formula is C11H19N3OS. The van der Waals surface area contributed by atoms with Gasteiger partial charge in [0.1, 0.15) is 5.82 Å². The van der Waals surface area contributed by atoms with Gasteiger partial charge in [0.2, 0.25) is 0 Å². The summed E-state index contributed by atoms with van der Waals surface area (Å²) in [5.74, 6) is 2.91. The lowest BCUT2D eigenvalue weighted by Gasteiger charge is -2.24. The second-order valence-electron chi connectivity index (χ2n) is 4.53. The number of nitrogens with one attached hydrogen (secondary N) is 1. The first-order chi connectivity index (χ1) is 7.61. The van der Waals surface area contributed by atoms with Gasteiger partial charge in [-0.05, 0) is 19.1 Å². The highest BCUT2D eigenvalue weighted by Gasteiger charge is 2.31. The third-order valence-electron chi connectivity index (χ3n) is 3.07. The van der Waals surface area contributed by atoms with Gasteiger partial charge in [0.15, 0.2) is 0 Å². The van der Waals surface area contributed by atoms with E-state index in [-0.39, 0.29) is 6.04 Å². The van der Waals surface area contributed by atoms with Gasteiger partial charge in [0.05, 0.1) is 11.6 Å². The summed E-state index contributed by atoms with van der Waals surface area (Å²) in [4.78, 5) is 4.30. The molecule has 5 heteroatoms. The second-order valence-corrected chi connectivity index (χ2v) is 5.63. The molecule has 0 amide bonds. The standard InChI is InChI=1S/C11H19N3OS/c1-9(10-12-4-5-14(10)2)13-7-11(15)3-6-16-8-11/h4-5,9,13,15H,3,6-8H2,1-2H3. The van der Waals surface area contributed by atoms with Crippen LogP contribution in [0.3, 0.4) is 0 Å². The molecule has 4 nitrogen and oxygen atoms in total. The van der Waals surface area contributed by atoms with E-state index in [0.717, 1.165) is 23.8 Å². The molecule has 0 bridgehead atoms. The maximum atomic E-state index is 10.2. The predicted molar refractivity (Wildman–Crippen MR) is 66.5 cm³/mol. The van der Waals surface area contributed by atoms with Gasteiger partial charge < -0.3 is 15.0 Å². The van der Waals surface area contributed by atoms with Gasteiger partial charge in [-0.1, -0.05) is 0 Å². The van der Waals surface area contributed by atoms with E-state index in [2.05, 4.69) is 17.2 Å². The number of thioether (sulfide) groups is 1. The van der Waals surface area contributed by atoms with Gasteiger partial charge in [-0.2, -0.15) is 11.8 Å². The zero-order valence-corrected chi connectivity index (χ0v) is 10.6. The number of rotatable bonds is 4. The molecule has 0 radical (unpaired) electrons. The molecule has 0 aromatic carbocycles. The smallest absolute Gasteiger partial charge is 0.125 e. The first-order valence-electron chi connectivity index (χ1n) is 5.61. The van der Waals surface area contributed by atoms with Crippen molar-refractivity contribution < 1.29 is 5.11 Å². The molecule has 0 spiro atoms. The Morgan fingerprint density at radius 2 is 2.56 bits per heavy atom. The average molecular weight is 241 g/mol. The summed E-state index contributed by atoms with van der Waals surface area (Å²) in [6.45, 7) is 2.72. The molecule has 1 saturated heterocycles. The van der Waals surface area contributed by atoms with Crippen LogP contribution in [0.4, 0.5) is 0 Å². The Hall–Kier alpha value is -0.520. The molecule has 1 aliphatic heterocycles. The summed E-state index contributed by atoms with van der Waals surface area (Å²) in [6.07, 6.45) is 4.62. The molecule has 2 heterocycles. The van der Waals surface area contributed by atoms with Crippen molar-refractivity contribution in [3.05, 3.63) is 18.2 Å². The van der Waals surface area contributed by atoms with Crippen LogP contribution in [0.25, 0.3) is 0 Å². The molecular weight excluding hydrogens is 222 g/mol. The highest BCUT2D eigenvalue weighted by molar-refractivity contribution is 7.99. The summed E-state index contributed by atoms with van der Waals surface area (Å²) < 4.78 is 2.01. The summed E-state index contributed by atoms with van der Waals surface area (Å²) in [5.41, 5.74) is -0.524. The molecule has 1 aliphatic rings. The van der Waals surface area contributed by atoms with Crippen LogP contribution in [-0.4, -0.2) is 38.3 Å². The third kappa shape index (κ3) is 2.59. The number of aliphatic hydroxyl groups is 1. The summed E-state index contributed by atoms with van der Waals surface area (Å²) >= 11 is 1.82. The molecule has 90 valence electrons. The minimum Gasteiger partial charge on any atom is -0.388 e. The van der Waals surface area contributed by atoms with Gasteiger partial charge in [-0.3, -0.25) is 0 Å². The summed E-state index contributed by atoms with van der Waals surface area (Å²) in [6, 6.07) is 0.176. The van der Waals surface area contributed by atoms with Gasteiger partial charge in [-0.25, -0.2) is 4.98 Å². The Labute approximate surface area is 100 Å². The van der Waals surface area contributed by atoms with Crippen molar-refractivity contribution in [2.24, 2.45) is 7.05 Å². The molecule has 2 unspecified atom stereocenters. The molecule has 2 rings (SSSR count). The lowest BCUT2D eigenvalue weighted by atomic mass is 10.0. The van der Waals surface area contributed by atoms with E-state index in [0.29, 0.717) is 6.54 Å². The summed E-state index contributed by atoms with van der Waals surface area (Å²) in [5, 5.41) is 13.6. The molecule has 16 heavy (non-hydrogen) atoms. The van der Waals surface area contributed by atoms with Crippen molar-refractivity contribution in [2.45, 2.75) is 25.0 Å². The fourth-order valence-electron chi connectivity index (χ4n) is 1.96. The van der Waals surface area contributed by atoms with E-state index in [1.54, 1.807) is 6.20 Å². The summed E-state index contributed by atoms with van der Waals surface area (Å²) in [7, 11) is 1.99. The number of hydrogen-bond acceptors (Lipinski definition) is 4. The Morgan fingerprint density at radius 3 is 3.12 bits per heavy atom. The van der Waals surface area contributed by atoms with Crippen molar-refractivity contribution in [3.63, 3.8) is 0 Å². The van der Waals surface area contributed by atoms with Gasteiger partial charge in [-0.15, -0.1) is 0 Å². The van der Waals surface area contributed by atoms with E-state index in [4.69, 9.17) is 0 Å². The van der Waals surface area contributed by atoms with Crippen LogP contribution in [0.1, 0.15) is 25.2 Å². The normalized spacial score (nSPS) is 27.2. The SMILES string of the molecule is CC(NCC1(O)CCSC1)c1nccn1C. The Kier molecular flexibility index (Phi) is 3.56. The van der Waals surface area contributed by atoms with Crippen molar-refractivity contribution in [2.75, 3.05) is 18.1 Å². The monoisotopic (exact) mass is 241 g/mol. The molecule has 1 aromatic rings. The quantitative estimate of drug-likeness (QED) is 0.823. The fraction of sp³-hybridized carbons (Fsp3) is 0.727. The number of hydrogen-bond donors (Lipinski definition) is 2. The van der Waals surface area contributed by atoms with E-state index >= 15 is 0 Å². The Balaban J connectivity index is 1.88. The first kappa shape index (κ1) is 12.0. The maximum Gasteiger partial charge on any atom is 0.125 e. The van der Waals surface area contributed by atoms with E-state index in [1.165, 1.54) is 0 Å². The van der Waals surface area contributed by atoms with Crippen LogP contribution in [0.5, 0.6) is 0 Å². The topological polar surface area (TPSA) is 50.1 Å². The third-order valence-corrected chi connectivity index (χ3v) is 4.30. The zero-order chi connectivity index (χ0) is 11.6. The maximum absolute atomic E-state index is 10.2. The molecule has 1 aromatic heterocycles. The van der Waals surface area contributed by atoms with E-state index < -0.39 is 5.60 Å².